The number of nitrogens with two attached hydrogens (primary N) is 1. The summed E-state index contributed by atoms with van der Waals surface area (Å²) in [6.07, 6.45) is 1.85. The van der Waals surface area contributed by atoms with E-state index >= 15 is 0 Å². The van der Waals surface area contributed by atoms with Crippen LogP contribution in [-0.4, -0.2) is 27.1 Å². The number of nitrogens with one attached hydrogen (secondary N) is 1. The monoisotopic (exact) mass is 303 g/mol. The van der Waals surface area contributed by atoms with E-state index in [4.69, 9.17) is 22.1 Å². The lowest BCUT2D eigenvalue weighted by atomic mass is 10.0. The molecule has 3 N–H and O–H groups in total. The minimum Gasteiger partial charge on any atom is -0.496 e. The van der Waals surface area contributed by atoms with Crippen molar-refractivity contribution in [3.63, 3.8) is 0 Å². The van der Waals surface area contributed by atoms with Crippen molar-refractivity contribution in [3.05, 3.63) is 35.5 Å². The van der Waals surface area contributed by atoms with E-state index in [-0.39, 0.29) is 0 Å². The van der Waals surface area contributed by atoms with Crippen LogP contribution in [-0.2, 0) is 7.05 Å². The lowest BCUT2D eigenvalue weighted by molar-refractivity contribution is 0.416. The molecule has 2 aromatic heterocycles. The van der Waals surface area contributed by atoms with E-state index < -0.39 is 0 Å². The molecule has 0 bridgehead atoms. The summed E-state index contributed by atoms with van der Waals surface area (Å²) in [6, 6.07) is 7.24. The zero-order chi connectivity index (χ0) is 15.0. The SMILES string of the molecule is COc1ccc(Cl)cc1-c1c(N)n[nH]c1-c1ccn(C)n1. The minimum absolute atomic E-state index is 0.371. The van der Waals surface area contributed by atoms with Crippen molar-refractivity contribution in [3.8, 4) is 28.3 Å². The van der Waals surface area contributed by atoms with E-state index in [1.165, 1.54) is 0 Å². The van der Waals surface area contributed by atoms with Crippen LogP contribution in [0, 0.1) is 0 Å². The van der Waals surface area contributed by atoms with Crippen LogP contribution in [0.2, 0.25) is 5.02 Å². The number of hydrogen-bond donors (Lipinski definition) is 2. The zero-order valence-corrected chi connectivity index (χ0v) is 12.3. The second-order valence-electron chi connectivity index (χ2n) is 4.58. The van der Waals surface area contributed by atoms with Gasteiger partial charge in [0.25, 0.3) is 0 Å². The van der Waals surface area contributed by atoms with Gasteiger partial charge in [-0.15, -0.1) is 0 Å². The molecular formula is C14H14ClN5O. The summed E-state index contributed by atoms with van der Waals surface area (Å²) in [5.74, 6) is 1.04. The van der Waals surface area contributed by atoms with Gasteiger partial charge in [0.2, 0.25) is 0 Å². The van der Waals surface area contributed by atoms with Crippen LogP contribution < -0.4 is 10.5 Å². The first-order chi connectivity index (χ1) is 10.1. The molecule has 0 saturated heterocycles. The van der Waals surface area contributed by atoms with Gasteiger partial charge in [0.05, 0.1) is 18.4 Å². The van der Waals surface area contributed by atoms with E-state index in [1.54, 1.807) is 30.0 Å². The number of hydrogen-bond acceptors (Lipinski definition) is 4. The fourth-order valence-corrected chi connectivity index (χ4v) is 2.41. The summed E-state index contributed by atoms with van der Waals surface area (Å²) in [4.78, 5) is 0. The van der Waals surface area contributed by atoms with Crippen LogP contribution in [0.3, 0.4) is 0 Å². The van der Waals surface area contributed by atoms with Gasteiger partial charge in [0.15, 0.2) is 5.82 Å². The molecule has 1 aromatic carbocycles. The van der Waals surface area contributed by atoms with E-state index in [0.717, 1.165) is 22.5 Å². The van der Waals surface area contributed by atoms with Gasteiger partial charge in [0.1, 0.15) is 11.4 Å². The normalized spacial score (nSPS) is 10.8. The van der Waals surface area contributed by atoms with Crippen LogP contribution in [0.1, 0.15) is 0 Å². The Morgan fingerprint density at radius 1 is 1.33 bits per heavy atom. The smallest absolute Gasteiger partial charge is 0.153 e. The van der Waals surface area contributed by atoms with Gasteiger partial charge in [-0.2, -0.15) is 10.2 Å². The first kappa shape index (κ1) is 13.5. The number of aryl methyl sites for hydroxylation is 1. The van der Waals surface area contributed by atoms with Crippen LogP contribution in [0.5, 0.6) is 5.75 Å². The lowest BCUT2D eigenvalue weighted by Gasteiger charge is -2.09. The van der Waals surface area contributed by atoms with Gasteiger partial charge in [0, 0.05) is 23.8 Å². The summed E-state index contributed by atoms with van der Waals surface area (Å²) in [5, 5.41) is 12.0. The highest BCUT2D eigenvalue weighted by atomic mass is 35.5. The van der Waals surface area contributed by atoms with E-state index in [0.29, 0.717) is 16.6 Å². The highest BCUT2D eigenvalue weighted by molar-refractivity contribution is 6.31. The molecular weight excluding hydrogens is 290 g/mol. The van der Waals surface area contributed by atoms with Crippen molar-refractivity contribution in [2.24, 2.45) is 7.05 Å². The van der Waals surface area contributed by atoms with Crippen molar-refractivity contribution in [1.82, 2.24) is 20.0 Å². The maximum atomic E-state index is 6.10. The molecule has 6 nitrogen and oxygen atoms in total. The van der Waals surface area contributed by atoms with E-state index in [9.17, 15) is 0 Å². The molecule has 0 fully saturated rings. The lowest BCUT2D eigenvalue weighted by Crippen LogP contribution is -1.94. The molecule has 108 valence electrons. The summed E-state index contributed by atoms with van der Waals surface area (Å²) in [5.41, 5.74) is 9.00. The molecule has 0 aliphatic carbocycles. The molecule has 0 amide bonds. The summed E-state index contributed by atoms with van der Waals surface area (Å²) in [6.45, 7) is 0. The van der Waals surface area contributed by atoms with Crippen molar-refractivity contribution in [2.75, 3.05) is 12.8 Å². The highest BCUT2D eigenvalue weighted by Crippen LogP contribution is 2.40. The van der Waals surface area contributed by atoms with Crippen molar-refractivity contribution in [2.45, 2.75) is 0 Å². The van der Waals surface area contributed by atoms with Gasteiger partial charge in [-0.1, -0.05) is 11.6 Å². The maximum Gasteiger partial charge on any atom is 0.153 e. The van der Waals surface area contributed by atoms with Crippen molar-refractivity contribution < 1.29 is 4.74 Å². The second kappa shape index (κ2) is 5.14. The Morgan fingerprint density at radius 3 is 2.81 bits per heavy atom. The Hall–Kier alpha value is -2.47. The van der Waals surface area contributed by atoms with Gasteiger partial charge >= 0.3 is 0 Å². The largest absolute Gasteiger partial charge is 0.496 e. The third-order valence-corrected chi connectivity index (χ3v) is 3.43. The van der Waals surface area contributed by atoms with E-state index in [1.807, 2.05) is 19.3 Å². The molecule has 0 spiro atoms. The Morgan fingerprint density at radius 2 is 2.14 bits per heavy atom. The zero-order valence-electron chi connectivity index (χ0n) is 11.6. The Kier molecular flexibility index (Phi) is 3.31. The average Bonchev–Trinajstić information content (AvgIpc) is 3.04. The number of rotatable bonds is 3. The van der Waals surface area contributed by atoms with Crippen molar-refractivity contribution in [1.29, 1.82) is 0 Å². The van der Waals surface area contributed by atoms with Gasteiger partial charge < -0.3 is 10.5 Å². The Bertz CT molecular complexity index is 793. The van der Waals surface area contributed by atoms with Crippen LogP contribution >= 0.6 is 11.6 Å². The fourth-order valence-electron chi connectivity index (χ4n) is 2.24. The third-order valence-electron chi connectivity index (χ3n) is 3.19. The molecule has 21 heavy (non-hydrogen) atoms. The molecule has 2 heterocycles. The van der Waals surface area contributed by atoms with Crippen molar-refractivity contribution >= 4 is 17.4 Å². The Labute approximate surface area is 126 Å². The molecule has 3 aromatic rings. The second-order valence-corrected chi connectivity index (χ2v) is 5.01. The predicted octanol–water partition coefficient (Wildman–Crippen LogP) is 2.72. The Balaban J connectivity index is 2.24. The quantitative estimate of drug-likeness (QED) is 0.779. The number of aromatic amines is 1. The van der Waals surface area contributed by atoms with Crippen LogP contribution in [0.4, 0.5) is 5.82 Å². The molecule has 0 atom stereocenters. The third kappa shape index (κ3) is 2.34. The summed E-state index contributed by atoms with van der Waals surface area (Å²) < 4.78 is 7.11. The number of methoxy groups -OCH3 is 1. The minimum atomic E-state index is 0.371. The molecule has 3 rings (SSSR count). The van der Waals surface area contributed by atoms with Crippen LogP contribution in [0.25, 0.3) is 22.5 Å². The predicted molar refractivity (Wildman–Crippen MR) is 82.2 cm³/mol. The molecule has 0 aliphatic heterocycles. The molecule has 0 unspecified atom stereocenters. The van der Waals surface area contributed by atoms with Gasteiger partial charge in [-0.05, 0) is 24.3 Å². The first-order valence-corrected chi connectivity index (χ1v) is 6.65. The standard InChI is InChI=1S/C14H14ClN5O/c1-20-6-5-10(19-20)13-12(14(16)18-17-13)9-7-8(15)3-4-11(9)21-2/h3-7H,1-2H3,(H3,16,17,18). The summed E-state index contributed by atoms with van der Waals surface area (Å²) in [7, 11) is 3.45. The molecule has 7 heteroatoms. The number of halogens is 1. The number of benzene rings is 1. The topological polar surface area (TPSA) is 81.8 Å². The number of ether oxygens (including phenoxy) is 1. The number of aromatic nitrogens is 4. The van der Waals surface area contributed by atoms with Crippen LogP contribution in [0.15, 0.2) is 30.5 Å². The number of H-pyrrole nitrogens is 1. The maximum absolute atomic E-state index is 6.10. The number of nitrogens with zero attached hydrogens (tertiary/aromatic N) is 3. The van der Waals surface area contributed by atoms with E-state index in [2.05, 4.69) is 15.3 Å². The number of anilines is 1. The van der Waals surface area contributed by atoms with Gasteiger partial charge in [-0.25, -0.2) is 0 Å². The highest BCUT2D eigenvalue weighted by Gasteiger charge is 2.20. The summed E-state index contributed by atoms with van der Waals surface area (Å²) >= 11 is 6.10. The molecule has 0 aliphatic rings. The molecule has 0 saturated carbocycles. The van der Waals surface area contributed by atoms with Gasteiger partial charge in [-0.3, -0.25) is 9.78 Å². The fraction of sp³-hybridized carbons (Fsp3) is 0.143. The first-order valence-electron chi connectivity index (χ1n) is 6.28. The number of nitrogen functional groups attached to an aromatic ring is 1. The molecule has 0 radical (unpaired) electrons. The average molecular weight is 304 g/mol.